The van der Waals surface area contributed by atoms with Crippen molar-refractivity contribution in [2.75, 3.05) is 33.9 Å². The number of benzene rings is 1. The molecule has 0 N–H and O–H groups in total. The highest BCUT2D eigenvalue weighted by Gasteiger charge is 2.36. The molecule has 0 aliphatic carbocycles. The highest BCUT2D eigenvalue weighted by Crippen LogP contribution is 2.39. The molecule has 0 radical (unpaired) electrons. The Morgan fingerprint density at radius 2 is 1.90 bits per heavy atom. The van der Waals surface area contributed by atoms with Crippen molar-refractivity contribution in [3.05, 3.63) is 23.8 Å². The molecular weight excluding hydrogens is 292 g/mol. The zero-order valence-electron chi connectivity index (χ0n) is 12.3. The predicted molar refractivity (Wildman–Crippen MR) is 78.7 cm³/mol. The van der Waals surface area contributed by atoms with Crippen molar-refractivity contribution < 1.29 is 17.9 Å². The second-order valence-electron chi connectivity index (χ2n) is 5.46. The van der Waals surface area contributed by atoms with Crippen molar-refractivity contribution in [2.45, 2.75) is 18.9 Å². The van der Waals surface area contributed by atoms with E-state index in [2.05, 4.69) is 0 Å². The standard InChI is InChI=1S/C14H20N2O4S/c1-15(2)21(17,18)16-7-3-4-12(16)11-5-6-13-14(10-11)20-9-8-19-13/h5-6,10,12H,3-4,7-9H2,1-2H3. The first-order valence-corrected chi connectivity index (χ1v) is 8.48. The highest BCUT2D eigenvalue weighted by molar-refractivity contribution is 7.86. The van der Waals surface area contributed by atoms with Gasteiger partial charge in [0.15, 0.2) is 11.5 Å². The van der Waals surface area contributed by atoms with Gasteiger partial charge in [0.25, 0.3) is 10.2 Å². The molecule has 1 unspecified atom stereocenters. The summed E-state index contributed by atoms with van der Waals surface area (Å²) in [5.41, 5.74) is 0.960. The molecule has 21 heavy (non-hydrogen) atoms. The molecule has 0 aromatic heterocycles. The molecular formula is C14H20N2O4S. The van der Waals surface area contributed by atoms with Crippen molar-refractivity contribution in [3.63, 3.8) is 0 Å². The fraction of sp³-hybridized carbons (Fsp3) is 0.571. The van der Waals surface area contributed by atoms with E-state index in [0.29, 0.717) is 25.5 Å². The Morgan fingerprint density at radius 3 is 2.62 bits per heavy atom. The topological polar surface area (TPSA) is 59.1 Å². The lowest BCUT2D eigenvalue weighted by atomic mass is 10.0. The summed E-state index contributed by atoms with van der Waals surface area (Å²) in [7, 11) is -0.273. The third-order valence-electron chi connectivity index (χ3n) is 3.91. The molecule has 6 nitrogen and oxygen atoms in total. The second-order valence-corrected chi connectivity index (χ2v) is 7.56. The van der Waals surface area contributed by atoms with Crippen LogP contribution in [-0.4, -0.2) is 50.9 Å². The van der Waals surface area contributed by atoms with E-state index in [9.17, 15) is 8.42 Å². The minimum Gasteiger partial charge on any atom is -0.486 e. The molecule has 0 bridgehead atoms. The summed E-state index contributed by atoms with van der Waals surface area (Å²) in [6.45, 7) is 1.64. The monoisotopic (exact) mass is 312 g/mol. The van der Waals surface area contributed by atoms with Crippen LogP contribution < -0.4 is 9.47 Å². The van der Waals surface area contributed by atoms with Gasteiger partial charge in [0.2, 0.25) is 0 Å². The first-order valence-electron chi connectivity index (χ1n) is 7.09. The Balaban J connectivity index is 1.92. The molecule has 0 saturated carbocycles. The zero-order chi connectivity index (χ0) is 15.0. The molecule has 1 saturated heterocycles. The fourth-order valence-electron chi connectivity index (χ4n) is 2.83. The van der Waals surface area contributed by atoms with Crippen molar-refractivity contribution >= 4 is 10.2 Å². The van der Waals surface area contributed by atoms with Crippen molar-refractivity contribution in [1.82, 2.24) is 8.61 Å². The Bertz CT molecular complexity index is 630. The quantitative estimate of drug-likeness (QED) is 0.846. The van der Waals surface area contributed by atoms with E-state index in [-0.39, 0.29) is 6.04 Å². The third kappa shape index (κ3) is 2.61. The molecule has 1 aromatic rings. The SMILES string of the molecule is CN(C)S(=O)(=O)N1CCCC1c1ccc2c(c1)OCCO2. The normalized spacial score (nSPS) is 22.7. The molecule has 0 spiro atoms. The highest BCUT2D eigenvalue weighted by atomic mass is 32.2. The van der Waals surface area contributed by atoms with Gasteiger partial charge in [-0.2, -0.15) is 17.0 Å². The first kappa shape index (κ1) is 14.6. The minimum atomic E-state index is -3.40. The van der Waals surface area contributed by atoms with Crippen LogP contribution in [0.4, 0.5) is 0 Å². The van der Waals surface area contributed by atoms with E-state index in [1.54, 1.807) is 18.4 Å². The smallest absolute Gasteiger partial charge is 0.282 e. The summed E-state index contributed by atoms with van der Waals surface area (Å²) in [5, 5.41) is 0. The van der Waals surface area contributed by atoms with Gasteiger partial charge in [0.1, 0.15) is 13.2 Å². The number of ether oxygens (including phenoxy) is 2. The lowest BCUT2D eigenvalue weighted by Crippen LogP contribution is -2.39. The average Bonchev–Trinajstić information content (AvgIpc) is 2.96. The predicted octanol–water partition coefficient (Wildman–Crippen LogP) is 1.40. The van der Waals surface area contributed by atoms with E-state index in [1.807, 2.05) is 18.2 Å². The molecule has 1 atom stereocenters. The Hall–Kier alpha value is -1.31. The van der Waals surface area contributed by atoms with Crippen LogP contribution in [0.2, 0.25) is 0 Å². The molecule has 2 heterocycles. The number of rotatable bonds is 3. The molecule has 3 rings (SSSR count). The number of fused-ring (bicyclic) bond motifs is 1. The van der Waals surface area contributed by atoms with E-state index in [0.717, 1.165) is 24.2 Å². The van der Waals surface area contributed by atoms with Gasteiger partial charge < -0.3 is 9.47 Å². The number of nitrogens with zero attached hydrogens (tertiary/aromatic N) is 2. The van der Waals surface area contributed by atoms with Crippen LogP contribution in [0.1, 0.15) is 24.4 Å². The molecule has 7 heteroatoms. The van der Waals surface area contributed by atoms with E-state index in [1.165, 1.54) is 4.31 Å². The van der Waals surface area contributed by atoms with Gasteiger partial charge in [-0.3, -0.25) is 0 Å². The Kier molecular flexibility index (Phi) is 3.81. The van der Waals surface area contributed by atoms with Crippen LogP contribution >= 0.6 is 0 Å². The minimum absolute atomic E-state index is 0.131. The van der Waals surface area contributed by atoms with Crippen molar-refractivity contribution in [3.8, 4) is 11.5 Å². The van der Waals surface area contributed by atoms with Gasteiger partial charge in [-0.15, -0.1) is 0 Å². The largest absolute Gasteiger partial charge is 0.486 e. The summed E-state index contributed by atoms with van der Waals surface area (Å²) in [4.78, 5) is 0. The van der Waals surface area contributed by atoms with Crippen LogP contribution in [0.5, 0.6) is 11.5 Å². The maximum Gasteiger partial charge on any atom is 0.282 e. The first-order chi connectivity index (χ1) is 10.00. The second kappa shape index (κ2) is 5.47. The average molecular weight is 312 g/mol. The van der Waals surface area contributed by atoms with Gasteiger partial charge in [-0.1, -0.05) is 6.07 Å². The molecule has 1 fully saturated rings. The Morgan fingerprint density at radius 1 is 1.19 bits per heavy atom. The summed E-state index contributed by atoms with van der Waals surface area (Å²) in [5.74, 6) is 1.43. The van der Waals surface area contributed by atoms with Gasteiger partial charge in [-0.05, 0) is 30.5 Å². The van der Waals surface area contributed by atoms with Crippen molar-refractivity contribution in [1.29, 1.82) is 0 Å². The molecule has 0 amide bonds. The van der Waals surface area contributed by atoms with Gasteiger partial charge >= 0.3 is 0 Å². The molecule has 2 aliphatic heterocycles. The zero-order valence-corrected chi connectivity index (χ0v) is 13.1. The molecule has 1 aromatic carbocycles. The third-order valence-corrected chi connectivity index (χ3v) is 5.87. The summed E-state index contributed by atoms with van der Waals surface area (Å²) in [6, 6.07) is 5.57. The molecule has 116 valence electrons. The van der Waals surface area contributed by atoms with Crippen LogP contribution in [0, 0.1) is 0 Å². The van der Waals surface area contributed by atoms with Crippen molar-refractivity contribution in [2.24, 2.45) is 0 Å². The van der Waals surface area contributed by atoms with Gasteiger partial charge in [0.05, 0.1) is 6.04 Å². The molecule has 2 aliphatic rings. The van der Waals surface area contributed by atoms with Crippen LogP contribution in [0.25, 0.3) is 0 Å². The number of hydrogen-bond acceptors (Lipinski definition) is 4. The summed E-state index contributed by atoms with van der Waals surface area (Å²) in [6.07, 6.45) is 1.69. The summed E-state index contributed by atoms with van der Waals surface area (Å²) < 4.78 is 38.7. The fourth-order valence-corrected chi connectivity index (χ4v) is 4.15. The van der Waals surface area contributed by atoms with Crippen LogP contribution in [0.3, 0.4) is 0 Å². The summed E-state index contributed by atoms with van der Waals surface area (Å²) >= 11 is 0. The van der Waals surface area contributed by atoms with E-state index in [4.69, 9.17) is 9.47 Å². The van der Waals surface area contributed by atoms with E-state index >= 15 is 0 Å². The van der Waals surface area contributed by atoms with Crippen LogP contribution in [0.15, 0.2) is 18.2 Å². The lowest BCUT2D eigenvalue weighted by molar-refractivity contribution is 0.171. The van der Waals surface area contributed by atoms with Gasteiger partial charge in [-0.25, -0.2) is 0 Å². The lowest BCUT2D eigenvalue weighted by Gasteiger charge is -2.28. The maximum atomic E-state index is 12.4. The van der Waals surface area contributed by atoms with Crippen LogP contribution in [-0.2, 0) is 10.2 Å². The van der Waals surface area contributed by atoms with Gasteiger partial charge in [0, 0.05) is 20.6 Å². The number of hydrogen-bond donors (Lipinski definition) is 0. The maximum absolute atomic E-state index is 12.4. The van der Waals surface area contributed by atoms with E-state index < -0.39 is 10.2 Å². The Labute approximate surface area is 125 Å².